The molecular weight excluding hydrogens is 226 g/mol. The summed E-state index contributed by atoms with van der Waals surface area (Å²) in [4.78, 5) is 23.2. The van der Waals surface area contributed by atoms with E-state index in [1.165, 1.54) is 0 Å². The number of carbonyl (C=O) groups excluding carboxylic acids is 2. The molecule has 3 amide bonds. The summed E-state index contributed by atoms with van der Waals surface area (Å²) < 4.78 is 0. The van der Waals surface area contributed by atoms with Crippen LogP contribution in [0.3, 0.4) is 0 Å². The van der Waals surface area contributed by atoms with Crippen LogP contribution in [0.1, 0.15) is 17.4 Å². The number of nitrogens with one attached hydrogen (secondary N) is 2. The highest BCUT2D eigenvalue weighted by atomic mass is 32.1. The molecule has 6 heteroatoms. The van der Waals surface area contributed by atoms with E-state index in [9.17, 15) is 9.59 Å². The standard InChI is InChI=1S/C10H15N3O2S/c1-6-3-4-16-8(6)5-12-9(14)7(2)13-10(11)15/h3-4,7H,5H2,1-2H3,(H,12,14)(H3,11,13,15)/t7-/m0/s1. The Labute approximate surface area is 98.0 Å². The van der Waals surface area contributed by atoms with Crippen molar-refractivity contribution in [2.75, 3.05) is 0 Å². The second-order valence-corrected chi connectivity index (χ2v) is 4.48. The van der Waals surface area contributed by atoms with Crippen molar-refractivity contribution in [1.82, 2.24) is 10.6 Å². The molecule has 0 unspecified atom stereocenters. The molecule has 0 aromatic carbocycles. The third-order valence-electron chi connectivity index (χ3n) is 2.14. The Morgan fingerprint density at radius 1 is 1.56 bits per heavy atom. The van der Waals surface area contributed by atoms with Crippen LogP contribution >= 0.6 is 11.3 Å². The topological polar surface area (TPSA) is 84.2 Å². The second-order valence-electron chi connectivity index (χ2n) is 3.47. The zero-order valence-electron chi connectivity index (χ0n) is 9.24. The molecular formula is C10H15N3O2S. The molecule has 0 spiro atoms. The number of rotatable bonds is 4. The Morgan fingerprint density at radius 3 is 2.75 bits per heavy atom. The van der Waals surface area contributed by atoms with E-state index in [0.29, 0.717) is 6.54 Å². The van der Waals surface area contributed by atoms with E-state index in [0.717, 1.165) is 10.4 Å². The Morgan fingerprint density at radius 2 is 2.25 bits per heavy atom. The molecule has 0 aliphatic rings. The first kappa shape index (κ1) is 12.5. The third-order valence-corrected chi connectivity index (χ3v) is 3.17. The lowest BCUT2D eigenvalue weighted by Gasteiger charge is -2.12. The van der Waals surface area contributed by atoms with Crippen molar-refractivity contribution in [3.05, 3.63) is 21.9 Å². The summed E-state index contributed by atoms with van der Waals surface area (Å²) in [5.41, 5.74) is 6.07. The van der Waals surface area contributed by atoms with Gasteiger partial charge in [-0.15, -0.1) is 11.3 Å². The van der Waals surface area contributed by atoms with Crippen LogP contribution in [0.25, 0.3) is 0 Å². The maximum Gasteiger partial charge on any atom is 0.312 e. The molecule has 16 heavy (non-hydrogen) atoms. The van der Waals surface area contributed by atoms with Gasteiger partial charge in [-0.25, -0.2) is 4.79 Å². The van der Waals surface area contributed by atoms with Crippen LogP contribution in [0.15, 0.2) is 11.4 Å². The number of amides is 3. The maximum absolute atomic E-state index is 11.5. The lowest BCUT2D eigenvalue weighted by Crippen LogP contribution is -2.46. The quantitative estimate of drug-likeness (QED) is 0.726. The summed E-state index contributed by atoms with van der Waals surface area (Å²) in [6.07, 6.45) is 0. The third kappa shape index (κ3) is 3.54. The minimum absolute atomic E-state index is 0.244. The highest BCUT2D eigenvalue weighted by Crippen LogP contribution is 2.14. The Bertz CT molecular complexity index is 389. The van der Waals surface area contributed by atoms with E-state index in [-0.39, 0.29) is 5.91 Å². The minimum atomic E-state index is -0.699. The van der Waals surface area contributed by atoms with Gasteiger partial charge in [0.15, 0.2) is 0 Å². The molecule has 88 valence electrons. The number of hydrogen-bond acceptors (Lipinski definition) is 3. The zero-order valence-corrected chi connectivity index (χ0v) is 10.1. The Kier molecular flexibility index (Phi) is 4.30. The molecule has 4 N–H and O–H groups in total. The van der Waals surface area contributed by atoms with Gasteiger partial charge in [-0.1, -0.05) is 0 Å². The number of aryl methyl sites for hydroxylation is 1. The average molecular weight is 241 g/mol. The van der Waals surface area contributed by atoms with Gasteiger partial charge in [-0.3, -0.25) is 4.79 Å². The van der Waals surface area contributed by atoms with Crippen LogP contribution in [-0.2, 0) is 11.3 Å². The summed E-state index contributed by atoms with van der Waals surface area (Å²) in [5, 5.41) is 7.02. The van der Waals surface area contributed by atoms with Crippen LogP contribution in [0, 0.1) is 6.92 Å². The maximum atomic E-state index is 11.5. The summed E-state index contributed by atoms with van der Waals surface area (Å²) in [7, 11) is 0. The molecule has 0 aliphatic heterocycles. The zero-order chi connectivity index (χ0) is 12.1. The fourth-order valence-corrected chi connectivity index (χ4v) is 2.03. The second kappa shape index (κ2) is 5.50. The monoisotopic (exact) mass is 241 g/mol. The van der Waals surface area contributed by atoms with Crippen molar-refractivity contribution in [1.29, 1.82) is 0 Å². The van der Waals surface area contributed by atoms with Gasteiger partial charge in [-0.2, -0.15) is 0 Å². The lowest BCUT2D eigenvalue weighted by molar-refractivity contribution is -0.122. The van der Waals surface area contributed by atoms with Gasteiger partial charge in [0.05, 0.1) is 6.54 Å². The number of primary amides is 1. The van der Waals surface area contributed by atoms with Gasteiger partial charge in [0, 0.05) is 4.88 Å². The summed E-state index contributed by atoms with van der Waals surface area (Å²) in [6, 6.07) is 0.685. The fraction of sp³-hybridized carbons (Fsp3) is 0.400. The minimum Gasteiger partial charge on any atom is -0.352 e. The predicted molar refractivity (Wildman–Crippen MR) is 63.1 cm³/mol. The number of thiophene rings is 1. The molecule has 0 fully saturated rings. The molecule has 1 heterocycles. The Hall–Kier alpha value is -1.56. The first-order valence-corrected chi connectivity index (χ1v) is 5.75. The van der Waals surface area contributed by atoms with Crippen molar-refractivity contribution in [3.8, 4) is 0 Å². The van der Waals surface area contributed by atoms with Crippen molar-refractivity contribution in [3.63, 3.8) is 0 Å². The van der Waals surface area contributed by atoms with Crippen molar-refractivity contribution in [2.45, 2.75) is 26.4 Å². The SMILES string of the molecule is Cc1ccsc1CNC(=O)[C@H](C)NC(N)=O. The van der Waals surface area contributed by atoms with E-state index in [1.54, 1.807) is 18.3 Å². The summed E-state index contributed by atoms with van der Waals surface area (Å²) in [6.45, 7) is 4.05. The van der Waals surface area contributed by atoms with Gasteiger partial charge >= 0.3 is 6.03 Å². The first-order chi connectivity index (χ1) is 7.50. The van der Waals surface area contributed by atoms with E-state index < -0.39 is 12.1 Å². The lowest BCUT2D eigenvalue weighted by atomic mass is 10.2. The molecule has 1 atom stereocenters. The van der Waals surface area contributed by atoms with E-state index in [4.69, 9.17) is 5.73 Å². The van der Waals surface area contributed by atoms with Crippen molar-refractivity contribution >= 4 is 23.3 Å². The summed E-state index contributed by atoms with van der Waals surface area (Å²) >= 11 is 1.59. The highest BCUT2D eigenvalue weighted by molar-refractivity contribution is 7.10. The van der Waals surface area contributed by atoms with Gasteiger partial charge in [0.2, 0.25) is 5.91 Å². The molecule has 0 radical (unpaired) electrons. The van der Waals surface area contributed by atoms with Crippen LogP contribution in [-0.4, -0.2) is 18.0 Å². The predicted octanol–water partition coefficient (Wildman–Crippen LogP) is 0.730. The van der Waals surface area contributed by atoms with E-state index >= 15 is 0 Å². The Balaban J connectivity index is 2.41. The molecule has 0 aliphatic carbocycles. The fourth-order valence-electron chi connectivity index (χ4n) is 1.18. The molecule has 0 saturated heterocycles. The largest absolute Gasteiger partial charge is 0.352 e. The first-order valence-electron chi connectivity index (χ1n) is 4.87. The molecule has 1 aromatic rings. The molecule has 0 bridgehead atoms. The average Bonchev–Trinajstić information content (AvgIpc) is 2.59. The van der Waals surface area contributed by atoms with Gasteiger partial charge < -0.3 is 16.4 Å². The smallest absolute Gasteiger partial charge is 0.312 e. The normalized spacial score (nSPS) is 11.9. The van der Waals surface area contributed by atoms with Gasteiger partial charge in [0.25, 0.3) is 0 Å². The number of hydrogen-bond donors (Lipinski definition) is 3. The number of nitrogens with two attached hydrogens (primary N) is 1. The molecule has 5 nitrogen and oxygen atoms in total. The van der Waals surface area contributed by atoms with Gasteiger partial charge in [0.1, 0.15) is 6.04 Å². The summed E-state index contributed by atoms with van der Waals surface area (Å²) in [5.74, 6) is -0.244. The van der Waals surface area contributed by atoms with E-state index in [2.05, 4.69) is 10.6 Å². The van der Waals surface area contributed by atoms with Crippen LogP contribution in [0.2, 0.25) is 0 Å². The van der Waals surface area contributed by atoms with Crippen molar-refractivity contribution in [2.24, 2.45) is 5.73 Å². The van der Waals surface area contributed by atoms with Crippen LogP contribution in [0.5, 0.6) is 0 Å². The number of carbonyl (C=O) groups is 2. The molecule has 1 rings (SSSR count). The van der Waals surface area contributed by atoms with E-state index in [1.807, 2.05) is 18.4 Å². The van der Waals surface area contributed by atoms with Crippen LogP contribution in [0.4, 0.5) is 4.79 Å². The van der Waals surface area contributed by atoms with Gasteiger partial charge in [-0.05, 0) is 30.9 Å². The highest BCUT2D eigenvalue weighted by Gasteiger charge is 2.13. The number of urea groups is 1. The molecule has 1 aromatic heterocycles. The van der Waals surface area contributed by atoms with Crippen LogP contribution < -0.4 is 16.4 Å². The van der Waals surface area contributed by atoms with Crippen molar-refractivity contribution < 1.29 is 9.59 Å². The molecule has 0 saturated carbocycles.